The molecule has 0 spiro atoms. The molecule has 0 aliphatic carbocycles. The molecular weight excluding hydrogens is 373 g/mol. The molecule has 0 aromatic carbocycles. The molecule has 0 bridgehead atoms. The zero-order valence-corrected chi connectivity index (χ0v) is 20.7. The molecule has 0 aromatic heterocycles. The number of hydrogen-bond donors (Lipinski definition) is 1. The van der Waals surface area contributed by atoms with E-state index in [2.05, 4.69) is 12.2 Å². The Labute approximate surface area is 189 Å². The van der Waals surface area contributed by atoms with E-state index in [1.807, 2.05) is 0 Å². The Morgan fingerprint density at radius 1 is 0.815 bits per heavy atom. The van der Waals surface area contributed by atoms with Crippen LogP contribution in [0.2, 0.25) is 0 Å². The van der Waals surface area contributed by atoms with Gasteiger partial charge in [0, 0.05) is 13.0 Å². The Kier molecular flexibility index (Phi) is 21.6. The molecule has 0 saturated heterocycles. The van der Waals surface area contributed by atoms with Gasteiger partial charge in [0.1, 0.15) is 0 Å². The van der Waals surface area contributed by atoms with Crippen LogP contribution in [0.15, 0.2) is 0 Å². The van der Waals surface area contributed by atoms with Crippen LogP contribution in [-0.4, -0.2) is 30.7 Å². The normalized spacial score (nSPS) is 12.4. The Morgan fingerprint density at radius 3 is 1.52 bits per heavy atom. The Balaban J connectivity index is 0. The van der Waals surface area contributed by atoms with Crippen molar-refractivity contribution in [1.82, 2.24) is 5.32 Å². The van der Waals surface area contributed by atoms with Gasteiger partial charge in [0.25, 0.3) is 0 Å². The van der Waals surface area contributed by atoms with Gasteiger partial charge >= 0.3 is 29.6 Å². The predicted molar refractivity (Wildman–Crippen MR) is 107 cm³/mol. The summed E-state index contributed by atoms with van der Waals surface area (Å²) >= 11 is 0. The van der Waals surface area contributed by atoms with Crippen LogP contribution >= 0.6 is 0 Å². The van der Waals surface area contributed by atoms with Gasteiger partial charge in [-0.2, -0.15) is 0 Å². The van der Waals surface area contributed by atoms with Crippen molar-refractivity contribution in [3.63, 3.8) is 0 Å². The molecule has 7 heteroatoms. The third-order valence-corrected chi connectivity index (χ3v) is 5.53. The second-order valence-corrected chi connectivity index (χ2v) is 8.96. The van der Waals surface area contributed by atoms with E-state index in [9.17, 15) is 17.8 Å². The van der Waals surface area contributed by atoms with Gasteiger partial charge in [-0.25, -0.2) is 8.42 Å². The number of unbranched alkanes of at least 4 members (excludes halogenated alkanes) is 13. The molecule has 1 N–H and O–H groups in total. The van der Waals surface area contributed by atoms with Crippen molar-refractivity contribution in [3.05, 3.63) is 0 Å². The molecule has 0 aliphatic heterocycles. The molecule has 156 valence electrons. The molecule has 0 fully saturated rings. The van der Waals surface area contributed by atoms with Crippen molar-refractivity contribution in [1.29, 1.82) is 0 Å². The minimum absolute atomic E-state index is 0. The molecule has 1 unspecified atom stereocenters. The van der Waals surface area contributed by atoms with Gasteiger partial charge < -0.3 is 9.87 Å². The summed E-state index contributed by atoms with van der Waals surface area (Å²) in [7, 11) is -4.30. The molecule has 1 amide bonds. The van der Waals surface area contributed by atoms with E-state index in [1.165, 1.54) is 77.6 Å². The molecule has 0 aromatic rings. The quantitative estimate of drug-likeness (QED) is 0.211. The molecular formula is C20H40NNaO4S. The first-order valence-electron chi connectivity index (χ1n) is 10.6. The molecule has 27 heavy (non-hydrogen) atoms. The summed E-state index contributed by atoms with van der Waals surface area (Å²) in [6, 6.07) is -0.549. The van der Waals surface area contributed by atoms with Crippen molar-refractivity contribution in [2.24, 2.45) is 0 Å². The van der Waals surface area contributed by atoms with E-state index in [4.69, 9.17) is 0 Å². The molecule has 0 saturated carbocycles. The number of rotatable bonds is 18. The number of hydrogen-bond acceptors (Lipinski definition) is 4. The van der Waals surface area contributed by atoms with E-state index in [-0.39, 0.29) is 35.5 Å². The summed E-state index contributed by atoms with van der Waals surface area (Å²) < 4.78 is 32.6. The van der Waals surface area contributed by atoms with Crippen LogP contribution in [0.5, 0.6) is 0 Å². The zero-order valence-electron chi connectivity index (χ0n) is 17.9. The third-order valence-electron chi connectivity index (χ3n) is 4.72. The smallest absolute Gasteiger partial charge is 0.748 e. The van der Waals surface area contributed by atoms with E-state index in [1.54, 1.807) is 0 Å². The largest absolute Gasteiger partial charge is 1.00 e. The van der Waals surface area contributed by atoms with Crippen LogP contribution in [0, 0.1) is 0 Å². The number of nitrogens with one attached hydrogen (secondary N) is 1. The van der Waals surface area contributed by atoms with E-state index in [0.717, 1.165) is 19.3 Å². The van der Waals surface area contributed by atoms with Crippen molar-refractivity contribution < 1.29 is 47.3 Å². The third kappa shape index (κ3) is 24.3. The summed E-state index contributed by atoms with van der Waals surface area (Å²) in [4.78, 5) is 11.1. The van der Waals surface area contributed by atoms with Crippen molar-refractivity contribution >= 4 is 16.0 Å². The van der Waals surface area contributed by atoms with Gasteiger partial charge in [0.15, 0.2) is 0 Å². The monoisotopic (exact) mass is 413 g/mol. The Bertz CT molecular complexity index is 443. The van der Waals surface area contributed by atoms with E-state index >= 15 is 0 Å². The molecule has 0 rings (SSSR count). The SMILES string of the molecule is CCCCCCCCCCCCCCCCC(CS(=O)(=O)[O-])NC(C)=O.[Na+]. The number of carbonyl (C=O) groups excluding carboxylic acids is 1. The zero-order chi connectivity index (χ0) is 19.7. The second-order valence-electron chi connectivity index (χ2n) is 7.51. The summed E-state index contributed by atoms with van der Waals surface area (Å²) in [5, 5.41) is 2.56. The maximum Gasteiger partial charge on any atom is 1.00 e. The van der Waals surface area contributed by atoms with Crippen LogP contribution in [0.3, 0.4) is 0 Å². The first kappa shape index (κ1) is 29.6. The topological polar surface area (TPSA) is 86.3 Å². The van der Waals surface area contributed by atoms with Gasteiger partial charge in [-0.15, -0.1) is 0 Å². The van der Waals surface area contributed by atoms with Gasteiger partial charge in [-0.3, -0.25) is 4.79 Å². The van der Waals surface area contributed by atoms with E-state index in [0.29, 0.717) is 6.42 Å². The summed E-state index contributed by atoms with van der Waals surface area (Å²) in [5.41, 5.74) is 0. The maximum absolute atomic E-state index is 11.1. The minimum atomic E-state index is -4.30. The average molecular weight is 414 g/mol. The summed E-state index contributed by atoms with van der Waals surface area (Å²) in [6.07, 6.45) is 18.2. The predicted octanol–water partition coefficient (Wildman–Crippen LogP) is 1.91. The van der Waals surface area contributed by atoms with Crippen LogP contribution in [0.25, 0.3) is 0 Å². The standard InChI is InChI=1S/C20H41NO4S.Na/c1-3-4-5-6-7-8-9-10-11-12-13-14-15-16-17-20(21-19(2)22)18-26(23,24)25;/h20H,3-18H2,1-2H3,(H,21,22)(H,23,24,25);/q;+1/p-1. The average Bonchev–Trinajstić information content (AvgIpc) is 2.53. The van der Waals surface area contributed by atoms with Crippen molar-refractivity contribution in [3.8, 4) is 0 Å². The Hall–Kier alpha value is 0.380. The fourth-order valence-electron chi connectivity index (χ4n) is 3.32. The molecule has 0 radical (unpaired) electrons. The molecule has 0 aliphatic rings. The fraction of sp³-hybridized carbons (Fsp3) is 0.950. The van der Waals surface area contributed by atoms with E-state index < -0.39 is 21.9 Å². The van der Waals surface area contributed by atoms with Gasteiger partial charge in [-0.1, -0.05) is 96.8 Å². The van der Waals surface area contributed by atoms with Gasteiger partial charge in [-0.05, 0) is 6.42 Å². The summed E-state index contributed by atoms with van der Waals surface area (Å²) in [5.74, 6) is -0.797. The first-order chi connectivity index (χ1) is 12.3. The molecule has 5 nitrogen and oxygen atoms in total. The fourth-order valence-corrected chi connectivity index (χ4v) is 4.06. The minimum Gasteiger partial charge on any atom is -0.748 e. The molecule has 1 atom stereocenters. The number of amides is 1. The van der Waals surface area contributed by atoms with Crippen LogP contribution < -0.4 is 34.9 Å². The maximum atomic E-state index is 11.1. The van der Waals surface area contributed by atoms with Gasteiger partial charge in [0.2, 0.25) is 5.91 Å². The van der Waals surface area contributed by atoms with Gasteiger partial charge in [0.05, 0.1) is 15.9 Å². The van der Waals surface area contributed by atoms with Crippen LogP contribution in [-0.2, 0) is 14.9 Å². The van der Waals surface area contributed by atoms with Crippen LogP contribution in [0.4, 0.5) is 0 Å². The van der Waals surface area contributed by atoms with Crippen molar-refractivity contribution in [2.45, 2.75) is 116 Å². The second kappa shape index (κ2) is 19.7. The summed E-state index contributed by atoms with van der Waals surface area (Å²) in [6.45, 7) is 3.59. The first-order valence-corrected chi connectivity index (χ1v) is 12.1. The number of carbonyl (C=O) groups is 1. The molecule has 0 heterocycles. The van der Waals surface area contributed by atoms with Crippen molar-refractivity contribution in [2.75, 3.05) is 5.75 Å². The Morgan fingerprint density at radius 2 is 1.19 bits per heavy atom. The van der Waals surface area contributed by atoms with Crippen LogP contribution in [0.1, 0.15) is 110 Å².